The Labute approximate surface area is 269 Å². The Morgan fingerprint density at radius 1 is 0.326 bits per heavy atom. The van der Waals surface area contributed by atoms with Crippen LogP contribution in [0.25, 0.3) is 77.8 Å². The van der Waals surface area contributed by atoms with Crippen LogP contribution < -0.4 is 0 Å². The van der Waals surface area contributed by atoms with Gasteiger partial charge in [0.2, 0.25) is 0 Å². The lowest BCUT2D eigenvalue weighted by Crippen LogP contribution is -1.92. The van der Waals surface area contributed by atoms with Crippen LogP contribution in [-0.4, -0.2) is 9.97 Å². The number of fused-ring (bicyclic) bond motifs is 1. The molecule has 8 aromatic rings. The van der Waals surface area contributed by atoms with Crippen LogP contribution in [0.3, 0.4) is 0 Å². The van der Waals surface area contributed by atoms with Gasteiger partial charge >= 0.3 is 0 Å². The maximum Gasteiger partial charge on any atom is 0.0716 e. The highest BCUT2D eigenvalue weighted by molar-refractivity contribution is 5.99. The van der Waals surface area contributed by atoms with Crippen molar-refractivity contribution in [1.82, 2.24) is 9.97 Å². The van der Waals surface area contributed by atoms with E-state index >= 15 is 0 Å². The zero-order valence-corrected chi connectivity index (χ0v) is 25.2. The molecular formula is C44H30N2. The van der Waals surface area contributed by atoms with E-state index < -0.39 is 0 Å². The van der Waals surface area contributed by atoms with Crippen molar-refractivity contribution in [1.29, 1.82) is 0 Å². The molecule has 0 aliphatic rings. The maximum absolute atomic E-state index is 5.22. The SMILES string of the molecule is c1ccc(-c2cccc(-c3ccc4nc(-c5cccc(-c6ccccc6)c5)cc(-c5ccc(-c6cccnc6)cc5)c4c3)c2)cc1. The molecule has 6 aromatic carbocycles. The number of pyridine rings is 2. The molecule has 0 fully saturated rings. The summed E-state index contributed by atoms with van der Waals surface area (Å²) >= 11 is 0. The van der Waals surface area contributed by atoms with Crippen molar-refractivity contribution in [3.8, 4) is 66.9 Å². The lowest BCUT2D eigenvalue weighted by molar-refractivity contribution is 1.33. The Bertz CT molecular complexity index is 2270. The molecule has 0 N–H and O–H groups in total. The molecule has 0 aliphatic heterocycles. The van der Waals surface area contributed by atoms with Gasteiger partial charge < -0.3 is 0 Å². The minimum Gasteiger partial charge on any atom is -0.264 e. The molecule has 0 amide bonds. The molecule has 0 bridgehead atoms. The summed E-state index contributed by atoms with van der Waals surface area (Å²) in [4.78, 5) is 9.54. The van der Waals surface area contributed by atoms with Crippen LogP contribution in [0.4, 0.5) is 0 Å². The molecule has 2 heterocycles. The largest absolute Gasteiger partial charge is 0.264 e. The van der Waals surface area contributed by atoms with E-state index in [1.807, 2.05) is 18.5 Å². The molecule has 46 heavy (non-hydrogen) atoms. The fraction of sp³-hybridized carbons (Fsp3) is 0. The van der Waals surface area contributed by atoms with E-state index in [9.17, 15) is 0 Å². The predicted octanol–water partition coefficient (Wildman–Crippen LogP) is 11.6. The third kappa shape index (κ3) is 5.49. The second kappa shape index (κ2) is 12.1. The molecule has 0 aliphatic carbocycles. The van der Waals surface area contributed by atoms with E-state index in [1.165, 1.54) is 33.4 Å². The van der Waals surface area contributed by atoms with Crippen molar-refractivity contribution in [3.63, 3.8) is 0 Å². The van der Waals surface area contributed by atoms with Gasteiger partial charge in [-0.25, -0.2) is 4.98 Å². The number of nitrogens with zero attached hydrogens (tertiary/aromatic N) is 2. The molecular weight excluding hydrogens is 556 g/mol. The summed E-state index contributed by atoms with van der Waals surface area (Å²) in [6, 6.07) is 60.3. The second-order valence-electron chi connectivity index (χ2n) is 11.5. The summed E-state index contributed by atoms with van der Waals surface area (Å²) in [5.74, 6) is 0. The highest BCUT2D eigenvalue weighted by Crippen LogP contribution is 2.37. The first-order valence-corrected chi connectivity index (χ1v) is 15.6. The Morgan fingerprint density at radius 3 is 1.48 bits per heavy atom. The van der Waals surface area contributed by atoms with E-state index in [4.69, 9.17) is 4.98 Å². The monoisotopic (exact) mass is 586 g/mol. The number of benzene rings is 6. The van der Waals surface area contributed by atoms with Crippen LogP contribution in [0, 0.1) is 0 Å². The molecule has 2 aromatic heterocycles. The van der Waals surface area contributed by atoms with E-state index in [0.717, 1.165) is 44.4 Å². The summed E-state index contributed by atoms with van der Waals surface area (Å²) < 4.78 is 0. The van der Waals surface area contributed by atoms with Gasteiger partial charge in [-0.3, -0.25) is 4.98 Å². The van der Waals surface area contributed by atoms with Gasteiger partial charge in [-0.05, 0) is 92.0 Å². The van der Waals surface area contributed by atoms with Gasteiger partial charge in [0.1, 0.15) is 0 Å². The van der Waals surface area contributed by atoms with E-state index in [-0.39, 0.29) is 0 Å². The zero-order valence-electron chi connectivity index (χ0n) is 25.2. The minimum atomic E-state index is 0.954. The van der Waals surface area contributed by atoms with Crippen LogP contribution >= 0.6 is 0 Å². The molecule has 0 atom stereocenters. The average Bonchev–Trinajstić information content (AvgIpc) is 3.15. The fourth-order valence-electron chi connectivity index (χ4n) is 6.17. The molecule has 2 heteroatoms. The van der Waals surface area contributed by atoms with Crippen LogP contribution in [0.5, 0.6) is 0 Å². The average molecular weight is 587 g/mol. The van der Waals surface area contributed by atoms with Crippen LogP contribution in [-0.2, 0) is 0 Å². The first-order chi connectivity index (χ1) is 22.8. The highest BCUT2D eigenvalue weighted by atomic mass is 14.7. The van der Waals surface area contributed by atoms with E-state index in [0.29, 0.717) is 0 Å². The van der Waals surface area contributed by atoms with E-state index in [2.05, 4.69) is 169 Å². The standard InChI is InChI=1S/C44H30N2/c1-3-10-31(11-4-1)35-14-7-16-37(26-35)38-23-24-43-42(28-38)41(34-21-19-33(20-22-34)40-18-9-25-45-30-40)29-44(46-43)39-17-8-15-36(27-39)32-12-5-2-6-13-32/h1-30H. The third-order valence-corrected chi connectivity index (χ3v) is 8.57. The summed E-state index contributed by atoms with van der Waals surface area (Å²) in [5.41, 5.74) is 14.7. The van der Waals surface area contributed by atoms with Crippen LogP contribution in [0.2, 0.25) is 0 Å². The van der Waals surface area contributed by atoms with Crippen molar-refractivity contribution in [2.75, 3.05) is 0 Å². The first kappa shape index (κ1) is 27.4. The lowest BCUT2D eigenvalue weighted by Gasteiger charge is -2.14. The second-order valence-corrected chi connectivity index (χ2v) is 11.5. The number of rotatable bonds is 6. The highest BCUT2D eigenvalue weighted by Gasteiger charge is 2.13. The number of aromatic nitrogens is 2. The molecule has 8 rings (SSSR count). The summed E-state index contributed by atoms with van der Waals surface area (Å²) in [6.07, 6.45) is 3.72. The molecule has 0 unspecified atom stereocenters. The van der Waals surface area contributed by atoms with Gasteiger partial charge in [0.05, 0.1) is 11.2 Å². The smallest absolute Gasteiger partial charge is 0.0716 e. The number of hydrogen-bond donors (Lipinski definition) is 0. The third-order valence-electron chi connectivity index (χ3n) is 8.57. The zero-order chi connectivity index (χ0) is 30.7. The number of hydrogen-bond acceptors (Lipinski definition) is 2. The van der Waals surface area contributed by atoms with Gasteiger partial charge in [-0.2, -0.15) is 0 Å². The quantitative estimate of drug-likeness (QED) is 0.194. The van der Waals surface area contributed by atoms with Crippen LogP contribution in [0.15, 0.2) is 182 Å². The Kier molecular flexibility index (Phi) is 7.22. The summed E-state index contributed by atoms with van der Waals surface area (Å²) in [7, 11) is 0. The topological polar surface area (TPSA) is 25.8 Å². The van der Waals surface area contributed by atoms with Crippen molar-refractivity contribution >= 4 is 10.9 Å². The molecule has 0 saturated carbocycles. The minimum absolute atomic E-state index is 0.954. The summed E-state index contributed by atoms with van der Waals surface area (Å²) in [6.45, 7) is 0. The molecule has 2 nitrogen and oxygen atoms in total. The predicted molar refractivity (Wildman–Crippen MR) is 192 cm³/mol. The van der Waals surface area contributed by atoms with E-state index in [1.54, 1.807) is 0 Å². The van der Waals surface area contributed by atoms with Crippen molar-refractivity contribution < 1.29 is 0 Å². The van der Waals surface area contributed by atoms with Crippen molar-refractivity contribution in [2.45, 2.75) is 0 Å². The van der Waals surface area contributed by atoms with Gasteiger partial charge in [0.25, 0.3) is 0 Å². The van der Waals surface area contributed by atoms with Crippen molar-refractivity contribution in [3.05, 3.63) is 182 Å². The van der Waals surface area contributed by atoms with Gasteiger partial charge in [-0.1, -0.05) is 133 Å². The molecule has 216 valence electrons. The maximum atomic E-state index is 5.22. The van der Waals surface area contributed by atoms with Crippen LogP contribution in [0.1, 0.15) is 0 Å². The Morgan fingerprint density at radius 2 is 0.826 bits per heavy atom. The Hall–Kier alpha value is -6.12. The molecule has 0 saturated heterocycles. The Balaban J connectivity index is 1.27. The molecule has 0 radical (unpaired) electrons. The van der Waals surface area contributed by atoms with Gasteiger partial charge in [-0.15, -0.1) is 0 Å². The van der Waals surface area contributed by atoms with Gasteiger partial charge in [0, 0.05) is 23.3 Å². The molecule has 0 spiro atoms. The van der Waals surface area contributed by atoms with Gasteiger partial charge in [0.15, 0.2) is 0 Å². The fourth-order valence-corrected chi connectivity index (χ4v) is 6.17. The normalized spacial score (nSPS) is 11.0. The van der Waals surface area contributed by atoms with Crippen molar-refractivity contribution in [2.24, 2.45) is 0 Å². The first-order valence-electron chi connectivity index (χ1n) is 15.6. The lowest BCUT2D eigenvalue weighted by atomic mass is 9.93. The summed E-state index contributed by atoms with van der Waals surface area (Å²) in [5, 5.41) is 1.12.